The number of nitrogen functional groups attached to an aromatic ring is 1. The number of rotatable bonds is 4. The molecule has 0 amide bonds. The van der Waals surface area contributed by atoms with Gasteiger partial charge >= 0.3 is 5.97 Å². The largest absolute Gasteiger partial charge is 0.481 e. The van der Waals surface area contributed by atoms with E-state index >= 15 is 0 Å². The zero-order valence-corrected chi connectivity index (χ0v) is 8.17. The quantitative estimate of drug-likeness (QED) is 0.562. The van der Waals surface area contributed by atoms with E-state index in [4.69, 9.17) is 10.8 Å². The predicted molar refractivity (Wildman–Crippen MR) is 51.8 cm³/mol. The smallest absolute Gasteiger partial charge is 0.306 e. The molecular formula is C9H11FN2O4. The number of aromatic nitrogens is 1. The highest BCUT2D eigenvalue weighted by molar-refractivity contribution is 5.67. The molecule has 0 aliphatic heterocycles. The molecule has 88 valence electrons. The van der Waals surface area contributed by atoms with Crippen molar-refractivity contribution in [3.8, 4) is 0 Å². The number of anilines is 1. The summed E-state index contributed by atoms with van der Waals surface area (Å²) >= 11 is 0. The first-order chi connectivity index (χ1) is 7.41. The number of carboxylic acids is 1. The third kappa shape index (κ3) is 2.88. The van der Waals surface area contributed by atoms with Gasteiger partial charge in [0, 0.05) is 6.07 Å². The van der Waals surface area contributed by atoms with Crippen LogP contribution in [0.4, 0.5) is 10.1 Å². The van der Waals surface area contributed by atoms with Gasteiger partial charge in [0.2, 0.25) is 0 Å². The number of carbonyl (C=O) groups is 1. The second-order valence-electron chi connectivity index (χ2n) is 3.24. The van der Waals surface area contributed by atoms with E-state index in [0.717, 1.165) is 12.3 Å². The summed E-state index contributed by atoms with van der Waals surface area (Å²) in [6.45, 7) is 0. The van der Waals surface area contributed by atoms with Gasteiger partial charge < -0.3 is 21.1 Å². The number of halogens is 1. The average Bonchev–Trinajstić information content (AvgIpc) is 2.15. The van der Waals surface area contributed by atoms with Crippen molar-refractivity contribution in [3.05, 3.63) is 23.8 Å². The summed E-state index contributed by atoms with van der Waals surface area (Å²) in [7, 11) is 0. The van der Waals surface area contributed by atoms with Crippen LogP contribution in [-0.2, 0) is 4.79 Å². The zero-order chi connectivity index (χ0) is 12.3. The van der Waals surface area contributed by atoms with Crippen molar-refractivity contribution in [1.29, 1.82) is 0 Å². The lowest BCUT2D eigenvalue weighted by Gasteiger charge is -2.16. The number of nitrogens with two attached hydrogens (primary N) is 1. The van der Waals surface area contributed by atoms with E-state index in [9.17, 15) is 19.4 Å². The third-order valence-corrected chi connectivity index (χ3v) is 1.94. The molecule has 0 bridgehead atoms. The molecule has 6 nitrogen and oxygen atoms in total. The molecule has 0 radical (unpaired) electrons. The highest BCUT2D eigenvalue weighted by Gasteiger charge is 2.24. The summed E-state index contributed by atoms with van der Waals surface area (Å²) in [4.78, 5) is 13.8. The fourth-order valence-corrected chi connectivity index (χ4v) is 1.19. The number of hydrogen-bond donors (Lipinski definition) is 4. The van der Waals surface area contributed by atoms with Crippen molar-refractivity contribution in [2.45, 2.75) is 18.6 Å². The summed E-state index contributed by atoms with van der Waals surface area (Å²) in [5.41, 5.74) is 5.08. The lowest BCUT2D eigenvalue weighted by Crippen LogP contribution is -2.23. The monoisotopic (exact) mass is 230 g/mol. The van der Waals surface area contributed by atoms with Crippen molar-refractivity contribution in [2.24, 2.45) is 0 Å². The summed E-state index contributed by atoms with van der Waals surface area (Å²) in [5.74, 6) is -1.95. The first-order valence-electron chi connectivity index (χ1n) is 4.40. The highest BCUT2D eigenvalue weighted by atomic mass is 19.1. The fourth-order valence-electron chi connectivity index (χ4n) is 1.19. The molecule has 0 saturated carbocycles. The minimum absolute atomic E-state index is 0.142. The number of carboxylic acid groups (broad SMARTS) is 1. The van der Waals surface area contributed by atoms with Crippen molar-refractivity contribution in [1.82, 2.24) is 4.98 Å². The van der Waals surface area contributed by atoms with Crippen LogP contribution in [0.3, 0.4) is 0 Å². The number of nitrogens with zero attached hydrogens (tertiary/aromatic N) is 1. The summed E-state index contributed by atoms with van der Waals surface area (Å²) < 4.78 is 12.6. The van der Waals surface area contributed by atoms with Crippen molar-refractivity contribution >= 4 is 11.7 Å². The molecule has 2 atom stereocenters. The van der Waals surface area contributed by atoms with Crippen LogP contribution < -0.4 is 5.73 Å². The van der Waals surface area contributed by atoms with E-state index in [-0.39, 0.29) is 11.4 Å². The Bertz CT molecular complexity index is 399. The first-order valence-corrected chi connectivity index (χ1v) is 4.40. The molecule has 0 aliphatic rings. The highest BCUT2D eigenvalue weighted by Crippen LogP contribution is 2.22. The topological polar surface area (TPSA) is 117 Å². The lowest BCUT2D eigenvalue weighted by molar-refractivity contribution is -0.141. The van der Waals surface area contributed by atoms with Crippen molar-refractivity contribution in [3.63, 3.8) is 0 Å². The second-order valence-corrected chi connectivity index (χ2v) is 3.24. The van der Waals surface area contributed by atoms with Crippen LogP contribution in [0.1, 0.15) is 18.2 Å². The second kappa shape index (κ2) is 4.86. The Morgan fingerprint density at radius 1 is 1.56 bits per heavy atom. The first kappa shape index (κ1) is 12.3. The van der Waals surface area contributed by atoms with Crippen LogP contribution in [0.5, 0.6) is 0 Å². The minimum Gasteiger partial charge on any atom is -0.481 e. The van der Waals surface area contributed by atoms with Gasteiger partial charge in [0.05, 0.1) is 30.1 Å². The number of pyridine rings is 1. The maximum atomic E-state index is 12.6. The van der Waals surface area contributed by atoms with Crippen LogP contribution >= 0.6 is 0 Å². The molecule has 2 unspecified atom stereocenters. The van der Waals surface area contributed by atoms with Gasteiger partial charge in [-0.05, 0) is 0 Å². The van der Waals surface area contributed by atoms with Crippen LogP contribution in [-0.4, -0.2) is 32.4 Å². The molecule has 7 heteroatoms. The van der Waals surface area contributed by atoms with Gasteiger partial charge in [-0.15, -0.1) is 0 Å². The number of aliphatic carboxylic acids is 1. The summed E-state index contributed by atoms with van der Waals surface area (Å²) in [6, 6.07) is 0.930. The van der Waals surface area contributed by atoms with Gasteiger partial charge in [-0.1, -0.05) is 0 Å². The molecule has 0 fully saturated rings. The number of hydrogen-bond acceptors (Lipinski definition) is 5. The van der Waals surface area contributed by atoms with Crippen LogP contribution in [0.15, 0.2) is 12.3 Å². The van der Waals surface area contributed by atoms with Crippen molar-refractivity contribution in [2.75, 3.05) is 5.73 Å². The van der Waals surface area contributed by atoms with Gasteiger partial charge in [-0.25, -0.2) is 4.39 Å². The standard InChI is InChI=1S/C9H11FN2O4/c10-4-1-5(11)8(12-3-4)9(16)6(13)2-7(14)15/h1,3,6,9,13,16H,2,11H2,(H,14,15). The van der Waals surface area contributed by atoms with E-state index in [1.807, 2.05) is 0 Å². The minimum atomic E-state index is -1.56. The van der Waals surface area contributed by atoms with E-state index in [1.165, 1.54) is 0 Å². The summed E-state index contributed by atoms with van der Waals surface area (Å²) in [5, 5.41) is 27.3. The Kier molecular flexibility index (Phi) is 3.75. The maximum absolute atomic E-state index is 12.6. The van der Waals surface area contributed by atoms with Gasteiger partial charge in [0.15, 0.2) is 0 Å². The lowest BCUT2D eigenvalue weighted by atomic mass is 10.1. The van der Waals surface area contributed by atoms with Gasteiger partial charge in [0.1, 0.15) is 11.9 Å². The van der Waals surface area contributed by atoms with E-state index in [1.54, 1.807) is 0 Å². The molecular weight excluding hydrogens is 219 g/mol. The normalized spacial score (nSPS) is 14.4. The molecule has 1 aromatic heterocycles. The fraction of sp³-hybridized carbons (Fsp3) is 0.333. The molecule has 1 rings (SSSR count). The third-order valence-electron chi connectivity index (χ3n) is 1.94. The molecule has 0 spiro atoms. The zero-order valence-electron chi connectivity index (χ0n) is 8.17. The molecule has 1 aromatic rings. The Labute approximate surface area is 90.2 Å². The number of aliphatic hydroxyl groups is 2. The molecule has 0 saturated heterocycles. The predicted octanol–water partition coefficient (Wildman–Crippen LogP) is -0.328. The van der Waals surface area contributed by atoms with Crippen LogP contribution in [0.2, 0.25) is 0 Å². The Hall–Kier alpha value is -1.73. The Morgan fingerprint density at radius 2 is 2.19 bits per heavy atom. The molecule has 0 aliphatic carbocycles. The Morgan fingerprint density at radius 3 is 2.69 bits per heavy atom. The van der Waals surface area contributed by atoms with Crippen LogP contribution in [0, 0.1) is 5.82 Å². The molecule has 1 heterocycles. The van der Waals surface area contributed by atoms with E-state index in [0.29, 0.717) is 0 Å². The van der Waals surface area contributed by atoms with Gasteiger partial charge in [-0.3, -0.25) is 9.78 Å². The van der Waals surface area contributed by atoms with Gasteiger partial charge in [-0.2, -0.15) is 0 Å². The SMILES string of the molecule is Nc1cc(F)cnc1C(O)C(O)CC(=O)O. The van der Waals surface area contributed by atoms with E-state index < -0.39 is 30.4 Å². The maximum Gasteiger partial charge on any atom is 0.306 e. The van der Waals surface area contributed by atoms with Crippen LogP contribution in [0.25, 0.3) is 0 Å². The Balaban J connectivity index is 2.87. The molecule has 16 heavy (non-hydrogen) atoms. The average molecular weight is 230 g/mol. The number of aliphatic hydroxyl groups excluding tert-OH is 2. The summed E-state index contributed by atoms with van der Waals surface area (Å²) in [6.07, 6.45) is -2.93. The molecule has 0 aromatic carbocycles. The van der Waals surface area contributed by atoms with Gasteiger partial charge in [0.25, 0.3) is 0 Å². The van der Waals surface area contributed by atoms with E-state index in [2.05, 4.69) is 4.98 Å². The van der Waals surface area contributed by atoms with Crippen molar-refractivity contribution < 1.29 is 24.5 Å². The molecule has 5 N–H and O–H groups in total.